The Balaban J connectivity index is 0.000000921. The summed E-state index contributed by atoms with van der Waals surface area (Å²) in [7, 11) is 1.92. The summed E-state index contributed by atoms with van der Waals surface area (Å²) in [5, 5.41) is 3.19. The molecule has 0 aliphatic heterocycles. The van der Waals surface area contributed by atoms with E-state index in [4.69, 9.17) is 0 Å². The van der Waals surface area contributed by atoms with Crippen molar-refractivity contribution in [3.05, 3.63) is 35.1 Å². The average Bonchev–Trinajstić information content (AvgIpc) is 2.28. The first-order chi connectivity index (χ1) is 7.19. The van der Waals surface area contributed by atoms with Gasteiger partial charge in [0.1, 0.15) is 5.82 Å². The first-order valence-corrected chi connectivity index (χ1v) is 5.62. The number of halogens is 1. The molecule has 0 aromatic heterocycles. The Hall–Kier alpha value is -0.890. The van der Waals surface area contributed by atoms with Gasteiger partial charge in [-0.3, -0.25) is 0 Å². The lowest BCUT2D eigenvalue weighted by Crippen LogP contribution is -2.15. The number of hydrogen-bond donors (Lipinski definition) is 1. The van der Waals surface area contributed by atoms with E-state index in [1.165, 1.54) is 6.07 Å². The van der Waals surface area contributed by atoms with Gasteiger partial charge >= 0.3 is 0 Å². The lowest BCUT2D eigenvalue weighted by molar-refractivity contribution is 0.570. The van der Waals surface area contributed by atoms with Crippen LogP contribution in [-0.2, 0) is 0 Å². The lowest BCUT2D eigenvalue weighted by atomic mass is 10.0. The average molecular weight is 211 g/mol. The number of hydrogen-bond acceptors (Lipinski definition) is 1. The van der Waals surface area contributed by atoms with Gasteiger partial charge in [-0.15, -0.1) is 0 Å². The minimum absolute atomic E-state index is 0.130. The van der Waals surface area contributed by atoms with Gasteiger partial charge in [-0.1, -0.05) is 32.9 Å². The molecule has 1 N–H and O–H groups in total. The van der Waals surface area contributed by atoms with Gasteiger partial charge in [-0.05, 0) is 37.6 Å². The second-order valence-electron chi connectivity index (χ2n) is 3.26. The van der Waals surface area contributed by atoms with E-state index in [0.29, 0.717) is 11.6 Å². The standard InChI is InChI=1S/C11H16FN.C2H6/c1-4-11(13-3)9-5-6-10(12)8(2)7-9;1-2/h5-7,11,13H,4H2,1-3H3;1-2H3. The van der Waals surface area contributed by atoms with Gasteiger partial charge in [-0.25, -0.2) is 4.39 Å². The van der Waals surface area contributed by atoms with E-state index < -0.39 is 0 Å². The second kappa shape index (κ2) is 7.41. The highest BCUT2D eigenvalue weighted by molar-refractivity contribution is 5.26. The zero-order chi connectivity index (χ0) is 11.8. The van der Waals surface area contributed by atoms with E-state index in [2.05, 4.69) is 12.2 Å². The zero-order valence-electron chi connectivity index (χ0n) is 10.4. The minimum Gasteiger partial charge on any atom is -0.313 e. The highest BCUT2D eigenvalue weighted by Gasteiger charge is 2.07. The van der Waals surface area contributed by atoms with Crippen LogP contribution in [0.1, 0.15) is 44.4 Å². The summed E-state index contributed by atoms with van der Waals surface area (Å²) in [4.78, 5) is 0. The highest BCUT2D eigenvalue weighted by Crippen LogP contribution is 2.18. The topological polar surface area (TPSA) is 12.0 Å². The summed E-state index contributed by atoms with van der Waals surface area (Å²) in [5.74, 6) is -0.130. The van der Waals surface area contributed by atoms with E-state index in [1.807, 2.05) is 33.0 Å². The fourth-order valence-electron chi connectivity index (χ4n) is 1.49. The SMILES string of the molecule is CC.CCC(NC)c1ccc(F)c(C)c1. The minimum atomic E-state index is -0.130. The molecule has 1 unspecified atom stereocenters. The third-order valence-corrected chi connectivity index (χ3v) is 2.34. The van der Waals surface area contributed by atoms with Gasteiger partial charge in [0.15, 0.2) is 0 Å². The van der Waals surface area contributed by atoms with Gasteiger partial charge in [0.05, 0.1) is 0 Å². The molecular formula is C13H22FN. The molecule has 0 saturated carbocycles. The fraction of sp³-hybridized carbons (Fsp3) is 0.538. The summed E-state index contributed by atoms with van der Waals surface area (Å²) >= 11 is 0. The Morgan fingerprint density at radius 2 is 1.93 bits per heavy atom. The molecule has 0 fully saturated rings. The van der Waals surface area contributed by atoms with Crippen LogP contribution in [0.25, 0.3) is 0 Å². The molecule has 0 heterocycles. The van der Waals surface area contributed by atoms with Crippen LogP contribution in [0, 0.1) is 12.7 Å². The van der Waals surface area contributed by atoms with E-state index in [0.717, 1.165) is 12.0 Å². The first kappa shape index (κ1) is 14.1. The van der Waals surface area contributed by atoms with Crippen LogP contribution in [0.15, 0.2) is 18.2 Å². The van der Waals surface area contributed by atoms with Crippen LogP contribution in [0.3, 0.4) is 0 Å². The highest BCUT2D eigenvalue weighted by atomic mass is 19.1. The van der Waals surface area contributed by atoms with Crippen molar-refractivity contribution in [1.29, 1.82) is 0 Å². The van der Waals surface area contributed by atoms with Crippen molar-refractivity contribution in [2.75, 3.05) is 7.05 Å². The molecule has 1 nitrogen and oxygen atoms in total. The van der Waals surface area contributed by atoms with Crippen molar-refractivity contribution in [1.82, 2.24) is 5.32 Å². The number of benzene rings is 1. The molecule has 0 spiro atoms. The van der Waals surface area contributed by atoms with Crippen molar-refractivity contribution in [2.24, 2.45) is 0 Å². The fourth-order valence-corrected chi connectivity index (χ4v) is 1.49. The van der Waals surface area contributed by atoms with Gasteiger partial charge in [0.25, 0.3) is 0 Å². The smallest absolute Gasteiger partial charge is 0.126 e. The predicted molar refractivity (Wildman–Crippen MR) is 64.6 cm³/mol. The molecule has 1 atom stereocenters. The zero-order valence-corrected chi connectivity index (χ0v) is 10.4. The van der Waals surface area contributed by atoms with Crippen molar-refractivity contribution in [3.8, 4) is 0 Å². The van der Waals surface area contributed by atoms with Gasteiger partial charge in [-0.2, -0.15) is 0 Å². The van der Waals surface area contributed by atoms with E-state index in [9.17, 15) is 4.39 Å². The van der Waals surface area contributed by atoms with Crippen molar-refractivity contribution >= 4 is 0 Å². The Bertz CT molecular complexity index is 280. The largest absolute Gasteiger partial charge is 0.313 e. The normalized spacial score (nSPS) is 11.6. The third kappa shape index (κ3) is 4.00. The molecule has 0 aliphatic rings. The van der Waals surface area contributed by atoms with Crippen LogP contribution in [0.2, 0.25) is 0 Å². The molecule has 0 bridgehead atoms. The Morgan fingerprint density at radius 3 is 2.33 bits per heavy atom. The Kier molecular flexibility index (Phi) is 6.97. The van der Waals surface area contributed by atoms with Crippen LogP contribution in [-0.4, -0.2) is 7.05 Å². The quantitative estimate of drug-likeness (QED) is 0.801. The predicted octanol–water partition coefficient (Wildman–Crippen LogP) is 3.83. The van der Waals surface area contributed by atoms with Crippen molar-refractivity contribution in [2.45, 2.75) is 40.2 Å². The third-order valence-electron chi connectivity index (χ3n) is 2.34. The molecule has 2 heteroatoms. The maximum atomic E-state index is 12.9. The van der Waals surface area contributed by atoms with Crippen LogP contribution < -0.4 is 5.32 Å². The maximum Gasteiger partial charge on any atom is 0.126 e. The summed E-state index contributed by atoms with van der Waals surface area (Å²) in [6, 6.07) is 5.61. The summed E-state index contributed by atoms with van der Waals surface area (Å²) < 4.78 is 12.9. The monoisotopic (exact) mass is 211 g/mol. The molecular weight excluding hydrogens is 189 g/mol. The lowest BCUT2D eigenvalue weighted by Gasteiger charge is -2.14. The van der Waals surface area contributed by atoms with Gasteiger partial charge in [0, 0.05) is 6.04 Å². The van der Waals surface area contributed by atoms with Gasteiger partial charge < -0.3 is 5.32 Å². The molecule has 1 aromatic carbocycles. The van der Waals surface area contributed by atoms with E-state index in [-0.39, 0.29) is 5.82 Å². The first-order valence-electron chi connectivity index (χ1n) is 5.62. The van der Waals surface area contributed by atoms with E-state index >= 15 is 0 Å². The molecule has 1 aromatic rings. The molecule has 15 heavy (non-hydrogen) atoms. The molecule has 0 aliphatic carbocycles. The Morgan fingerprint density at radius 1 is 1.33 bits per heavy atom. The summed E-state index contributed by atoms with van der Waals surface area (Å²) in [6.07, 6.45) is 1.02. The molecule has 0 amide bonds. The Labute approximate surface area is 92.7 Å². The van der Waals surface area contributed by atoms with Crippen LogP contribution in [0.4, 0.5) is 4.39 Å². The number of rotatable bonds is 3. The number of aryl methyl sites for hydroxylation is 1. The van der Waals surface area contributed by atoms with E-state index in [1.54, 1.807) is 6.92 Å². The van der Waals surface area contributed by atoms with Crippen LogP contribution >= 0.6 is 0 Å². The molecule has 86 valence electrons. The summed E-state index contributed by atoms with van der Waals surface area (Å²) in [5.41, 5.74) is 1.87. The second-order valence-corrected chi connectivity index (χ2v) is 3.26. The van der Waals surface area contributed by atoms with Crippen molar-refractivity contribution < 1.29 is 4.39 Å². The van der Waals surface area contributed by atoms with Gasteiger partial charge in [0.2, 0.25) is 0 Å². The molecule has 0 radical (unpaired) electrons. The van der Waals surface area contributed by atoms with Crippen molar-refractivity contribution in [3.63, 3.8) is 0 Å². The molecule has 0 saturated heterocycles. The maximum absolute atomic E-state index is 12.9. The summed E-state index contributed by atoms with van der Waals surface area (Å²) in [6.45, 7) is 7.90. The number of nitrogens with one attached hydrogen (secondary N) is 1. The van der Waals surface area contributed by atoms with Crippen LogP contribution in [0.5, 0.6) is 0 Å². The molecule has 1 rings (SSSR count).